The van der Waals surface area contributed by atoms with Gasteiger partial charge in [-0.1, -0.05) is 0 Å². The molecule has 16 nitrogen and oxygen atoms in total. The summed E-state index contributed by atoms with van der Waals surface area (Å²) in [5.74, 6) is -5.40. The van der Waals surface area contributed by atoms with Gasteiger partial charge in [-0.15, -0.1) is 0 Å². The Hall–Kier alpha value is -3.79. The van der Waals surface area contributed by atoms with Crippen LogP contribution in [0.3, 0.4) is 0 Å². The normalized spacial score (nSPS) is 16.4. The Morgan fingerprint density at radius 2 is 1.49 bits per heavy atom. The Bertz CT molecular complexity index is 835. The largest absolute Gasteiger partial charge is 0.480 e. The van der Waals surface area contributed by atoms with E-state index in [0.29, 0.717) is 12.8 Å². The van der Waals surface area contributed by atoms with Gasteiger partial charge in [0.05, 0.1) is 32.8 Å². The zero-order valence-corrected chi connectivity index (χ0v) is 19.2. The number of rotatable bonds is 13. The van der Waals surface area contributed by atoms with Gasteiger partial charge in [0, 0.05) is 6.54 Å². The van der Waals surface area contributed by atoms with Crippen LogP contribution in [0.25, 0.3) is 0 Å². The fourth-order valence-corrected chi connectivity index (χ4v) is 3.11. The number of carboxylic acid groups (broad SMARTS) is 1. The second-order valence-electron chi connectivity index (χ2n) is 7.60. The zero-order valence-electron chi connectivity index (χ0n) is 19.2. The van der Waals surface area contributed by atoms with Gasteiger partial charge >= 0.3 is 5.97 Å². The molecule has 196 valence electrons. The molecule has 9 N–H and O–H groups in total. The molecule has 0 radical (unpaired) electrons. The van der Waals surface area contributed by atoms with E-state index in [-0.39, 0.29) is 13.1 Å². The summed E-state index contributed by atoms with van der Waals surface area (Å²) in [5, 5.41) is 29.5. The molecule has 0 saturated carbocycles. The third-order valence-electron chi connectivity index (χ3n) is 4.90. The topological polar surface area (TPSA) is 249 Å². The summed E-state index contributed by atoms with van der Waals surface area (Å²) in [7, 11) is 0. The van der Waals surface area contributed by atoms with Crippen molar-refractivity contribution in [2.45, 2.75) is 37.9 Å². The van der Waals surface area contributed by atoms with E-state index in [9.17, 15) is 38.7 Å². The molecule has 1 rings (SSSR count). The summed E-state index contributed by atoms with van der Waals surface area (Å²) in [5.41, 5.74) is 5.08. The Morgan fingerprint density at radius 3 is 2.06 bits per heavy atom. The highest BCUT2D eigenvalue weighted by Crippen LogP contribution is 2.18. The Morgan fingerprint density at radius 1 is 0.914 bits per heavy atom. The number of hydrogen-bond acceptors (Lipinski definition) is 9. The van der Waals surface area contributed by atoms with E-state index in [2.05, 4.69) is 26.6 Å². The minimum absolute atomic E-state index is 0.268. The van der Waals surface area contributed by atoms with Crippen molar-refractivity contribution < 1.29 is 43.8 Å². The van der Waals surface area contributed by atoms with Crippen LogP contribution in [-0.2, 0) is 33.6 Å². The SMILES string of the molecule is C[C@H](NC(=O)CNC(=O)CNC(=O)[C@H](CO)NC(=O)CNC(=O)CN)C(=O)N1CCC[C@H]1C(=O)O. The third kappa shape index (κ3) is 9.93. The molecule has 0 aliphatic carbocycles. The van der Waals surface area contributed by atoms with Gasteiger partial charge in [-0.25, -0.2) is 4.79 Å². The number of carboxylic acids is 1. The van der Waals surface area contributed by atoms with Crippen molar-refractivity contribution in [1.29, 1.82) is 0 Å². The van der Waals surface area contributed by atoms with Gasteiger partial charge in [0.1, 0.15) is 18.1 Å². The molecule has 3 atom stereocenters. The summed E-state index contributed by atoms with van der Waals surface area (Å²) < 4.78 is 0. The predicted octanol–water partition coefficient (Wildman–Crippen LogP) is -5.65. The van der Waals surface area contributed by atoms with Crippen molar-refractivity contribution in [3.63, 3.8) is 0 Å². The van der Waals surface area contributed by atoms with Crippen molar-refractivity contribution in [1.82, 2.24) is 31.5 Å². The molecule has 0 bridgehead atoms. The van der Waals surface area contributed by atoms with E-state index >= 15 is 0 Å². The molecular weight excluding hydrogens is 470 g/mol. The van der Waals surface area contributed by atoms with Crippen molar-refractivity contribution in [3.05, 3.63) is 0 Å². The van der Waals surface area contributed by atoms with Crippen LogP contribution in [0, 0.1) is 0 Å². The Kier molecular flexibility index (Phi) is 12.1. The van der Waals surface area contributed by atoms with Crippen LogP contribution >= 0.6 is 0 Å². The van der Waals surface area contributed by atoms with Crippen LogP contribution in [0.4, 0.5) is 0 Å². The highest BCUT2D eigenvalue weighted by Gasteiger charge is 2.36. The zero-order chi connectivity index (χ0) is 26.5. The minimum Gasteiger partial charge on any atom is -0.480 e. The first kappa shape index (κ1) is 29.2. The lowest BCUT2D eigenvalue weighted by Crippen LogP contribution is -2.53. The van der Waals surface area contributed by atoms with Crippen molar-refractivity contribution in [2.24, 2.45) is 5.73 Å². The summed E-state index contributed by atoms with van der Waals surface area (Å²) >= 11 is 0. The van der Waals surface area contributed by atoms with Gasteiger partial charge in [-0.3, -0.25) is 28.8 Å². The molecule has 0 aromatic carbocycles. The molecule has 35 heavy (non-hydrogen) atoms. The first-order valence-electron chi connectivity index (χ1n) is 10.7. The lowest BCUT2D eigenvalue weighted by molar-refractivity contribution is -0.149. The summed E-state index contributed by atoms with van der Waals surface area (Å²) in [6.45, 7) is -1.01. The number of aliphatic hydroxyl groups excluding tert-OH is 1. The van der Waals surface area contributed by atoms with Gasteiger partial charge < -0.3 is 47.4 Å². The van der Waals surface area contributed by atoms with Crippen LogP contribution < -0.4 is 32.3 Å². The number of hydrogen-bond donors (Lipinski definition) is 8. The van der Waals surface area contributed by atoms with Crippen molar-refractivity contribution in [3.8, 4) is 0 Å². The van der Waals surface area contributed by atoms with Crippen LogP contribution in [0.5, 0.6) is 0 Å². The molecule has 16 heteroatoms. The Labute approximate surface area is 200 Å². The molecule has 0 spiro atoms. The molecule has 0 aromatic rings. The quantitative estimate of drug-likeness (QED) is 0.119. The van der Waals surface area contributed by atoms with Crippen LogP contribution in [0.1, 0.15) is 19.8 Å². The van der Waals surface area contributed by atoms with Crippen LogP contribution in [0.2, 0.25) is 0 Å². The number of likely N-dealkylation sites (tertiary alicyclic amines) is 1. The van der Waals surface area contributed by atoms with E-state index in [4.69, 9.17) is 10.8 Å². The predicted molar refractivity (Wildman–Crippen MR) is 117 cm³/mol. The second kappa shape index (κ2) is 14.5. The highest BCUT2D eigenvalue weighted by atomic mass is 16.4. The maximum absolute atomic E-state index is 12.4. The average Bonchev–Trinajstić information content (AvgIpc) is 3.32. The molecule has 1 fully saturated rings. The van der Waals surface area contributed by atoms with Gasteiger partial charge in [0.25, 0.3) is 0 Å². The number of aliphatic carboxylic acids is 1. The molecule has 1 aliphatic heterocycles. The minimum atomic E-state index is -1.39. The average molecular weight is 501 g/mol. The number of carbonyl (C=O) groups is 7. The summed E-state index contributed by atoms with van der Waals surface area (Å²) in [4.78, 5) is 83.5. The van der Waals surface area contributed by atoms with E-state index < -0.39 is 85.8 Å². The fourth-order valence-electron chi connectivity index (χ4n) is 3.11. The smallest absolute Gasteiger partial charge is 0.326 e. The number of nitrogens with zero attached hydrogens (tertiary/aromatic N) is 1. The fraction of sp³-hybridized carbons (Fsp3) is 0.632. The first-order valence-corrected chi connectivity index (χ1v) is 10.7. The van der Waals surface area contributed by atoms with Gasteiger partial charge in [-0.2, -0.15) is 0 Å². The summed E-state index contributed by atoms with van der Waals surface area (Å²) in [6.07, 6.45) is 0.867. The number of amides is 6. The highest BCUT2D eigenvalue weighted by molar-refractivity contribution is 5.94. The van der Waals surface area contributed by atoms with Crippen molar-refractivity contribution >= 4 is 41.4 Å². The molecular formula is C19H31N7O9. The molecule has 0 aromatic heterocycles. The van der Waals surface area contributed by atoms with Crippen LogP contribution in [-0.4, -0.2) is 114 Å². The second-order valence-corrected chi connectivity index (χ2v) is 7.60. The number of nitrogens with one attached hydrogen (secondary N) is 5. The lowest BCUT2D eigenvalue weighted by Gasteiger charge is -2.25. The van der Waals surface area contributed by atoms with E-state index in [1.54, 1.807) is 0 Å². The number of aliphatic hydroxyl groups is 1. The molecule has 1 saturated heterocycles. The molecule has 6 amide bonds. The lowest BCUT2D eigenvalue weighted by atomic mass is 10.2. The number of carbonyl (C=O) groups excluding carboxylic acids is 6. The van der Waals surface area contributed by atoms with Gasteiger partial charge in [-0.05, 0) is 19.8 Å². The molecule has 0 unspecified atom stereocenters. The van der Waals surface area contributed by atoms with Crippen molar-refractivity contribution in [2.75, 3.05) is 39.3 Å². The monoisotopic (exact) mass is 501 g/mol. The molecule has 1 aliphatic rings. The maximum atomic E-state index is 12.4. The molecule has 1 heterocycles. The van der Waals surface area contributed by atoms with Crippen LogP contribution in [0.15, 0.2) is 0 Å². The van der Waals surface area contributed by atoms with Gasteiger partial charge in [0.15, 0.2) is 0 Å². The van der Waals surface area contributed by atoms with Gasteiger partial charge in [0.2, 0.25) is 35.4 Å². The third-order valence-corrected chi connectivity index (χ3v) is 4.90. The van der Waals surface area contributed by atoms with E-state index in [1.165, 1.54) is 11.8 Å². The van der Waals surface area contributed by atoms with E-state index in [0.717, 1.165) is 0 Å². The standard InChI is InChI=1S/C19H31N7O9/c1-10(18(33)26-4-2-3-12(26)19(34)35)24-15(30)7-22-14(29)6-23-17(32)11(9-27)25-16(31)8-21-13(28)5-20/h10-12,27H,2-9,20H2,1H3,(H,21,28)(H,22,29)(H,23,32)(H,24,30)(H,25,31)(H,34,35)/t10-,11-,12-/m0/s1. The van der Waals surface area contributed by atoms with E-state index in [1.807, 2.05) is 0 Å². The number of nitrogens with two attached hydrogens (primary N) is 1. The maximum Gasteiger partial charge on any atom is 0.326 e. The first-order chi connectivity index (χ1) is 16.5. The summed E-state index contributed by atoms with van der Waals surface area (Å²) in [6, 6.07) is -3.34. The Balaban J connectivity index is 2.38.